The highest BCUT2D eigenvalue weighted by Gasteiger charge is 2.41. The minimum absolute atomic E-state index is 0.0327. The second-order valence-electron chi connectivity index (χ2n) is 9.64. The van der Waals surface area contributed by atoms with Crippen molar-refractivity contribution in [3.05, 3.63) is 82.9 Å². The number of carboxylic acid groups (broad SMARTS) is 1. The summed E-state index contributed by atoms with van der Waals surface area (Å²) in [7, 11) is 0. The third kappa shape index (κ3) is 5.25. The van der Waals surface area contributed by atoms with Crippen LogP contribution in [0.1, 0.15) is 51.5 Å². The molecule has 5 rings (SSSR count). The maximum Gasteiger partial charge on any atom is 0.335 e. The SMILES string of the molecule is Cc1cc([C@H]2[C@@H](c3ccccn3)NC(=S)N2CCCN2CCOCC2)c(C)n1-c1cccc(C(=O)O)c1. The molecular formula is C28H33N5O3S. The fraction of sp³-hybridized carbons (Fsp3) is 0.393. The Balaban J connectivity index is 1.49. The van der Waals surface area contributed by atoms with E-state index in [4.69, 9.17) is 17.0 Å². The van der Waals surface area contributed by atoms with Crippen LogP contribution in [0.3, 0.4) is 0 Å². The Kier molecular flexibility index (Phi) is 7.55. The maximum atomic E-state index is 11.6. The normalized spacial score (nSPS) is 20.3. The van der Waals surface area contributed by atoms with Gasteiger partial charge in [0, 0.05) is 49.5 Å². The average Bonchev–Trinajstić information content (AvgIpc) is 3.39. The number of aryl methyl sites for hydroxylation is 1. The number of aromatic nitrogens is 2. The molecule has 0 spiro atoms. The number of ether oxygens (including phenoxy) is 1. The predicted molar refractivity (Wildman–Crippen MR) is 146 cm³/mol. The summed E-state index contributed by atoms with van der Waals surface area (Å²) in [6.45, 7) is 9.52. The molecule has 4 heterocycles. The predicted octanol–water partition coefficient (Wildman–Crippen LogP) is 3.88. The Morgan fingerprint density at radius 2 is 1.95 bits per heavy atom. The maximum absolute atomic E-state index is 11.6. The standard InChI is InChI=1S/C28H33N5O3S/c1-19-17-23(20(2)33(19)22-8-5-7-21(18-22)27(34)35)26-25(24-9-3-4-10-29-24)30-28(37)32(26)12-6-11-31-13-15-36-16-14-31/h3-5,7-10,17-18,25-26H,6,11-16H2,1-2H3,(H,30,37)(H,34,35)/t25-,26+/m1/s1. The lowest BCUT2D eigenvalue weighted by atomic mass is 9.96. The van der Waals surface area contributed by atoms with E-state index in [1.165, 1.54) is 0 Å². The van der Waals surface area contributed by atoms with Crippen LogP contribution in [0.15, 0.2) is 54.7 Å². The second kappa shape index (κ2) is 11.0. The summed E-state index contributed by atoms with van der Waals surface area (Å²) in [6.07, 6.45) is 2.81. The fourth-order valence-corrected chi connectivity index (χ4v) is 5.87. The van der Waals surface area contributed by atoms with Crippen LogP contribution in [-0.2, 0) is 4.74 Å². The van der Waals surface area contributed by atoms with Gasteiger partial charge >= 0.3 is 5.97 Å². The summed E-state index contributed by atoms with van der Waals surface area (Å²) in [4.78, 5) is 21.0. The van der Waals surface area contributed by atoms with Gasteiger partial charge < -0.3 is 24.6 Å². The zero-order chi connectivity index (χ0) is 25.9. The number of rotatable bonds is 8. The molecule has 2 fully saturated rings. The lowest BCUT2D eigenvalue weighted by Gasteiger charge is -2.30. The number of hydrogen-bond donors (Lipinski definition) is 2. The lowest BCUT2D eigenvalue weighted by Crippen LogP contribution is -2.39. The van der Waals surface area contributed by atoms with Crippen LogP contribution in [0, 0.1) is 13.8 Å². The third-order valence-corrected chi connectivity index (χ3v) is 7.67. The highest BCUT2D eigenvalue weighted by Crippen LogP contribution is 2.41. The molecular weight excluding hydrogens is 486 g/mol. The van der Waals surface area contributed by atoms with Crippen LogP contribution in [0.5, 0.6) is 0 Å². The van der Waals surface area contributed by atoms with Crippen molar-refractivity contribution in [3.63, 3.8) is 0 Å². The monoisotopic (exact) mass is 519 g/mol. The minimum Gasteiger partial charge on any atom is -0.478 e. The molecule has 2 saturated heterocycles. The van der Waals surface area contributed by atoms with E-state index in [0.717, 1.165) is 79.3 Å². The van der Waals surface area contributed by atoms with E-state index < -0.39 is 5.97 Å². The number of nitrogens with one attached hydrogen (secondary N) is 1. The molecule has 2 atom stereocenters. The number of morpholine rings is 1. The smallest absolute Gasteiger partial charge is 0.335 e. The number of pyridine rings is 1. The van der Waals surface area contributed by atoms with Gasteiger partial charge in [-0.1, -0.05) is 12.1 Å². The molecule has 1 aromatic carbocycles. The average molecular weight is 520 g/mol. The number of nitrogens with zero attached hydrogens (tertiary/aromatic N) is 4. The van der Waals surface area contributed by atoms with Crippen molar-refractivity contribution < 1.29 is 14.6 Å². The lowest BCUT2D eigenvalue weighted by molar-refractivity contribution is 0.0365. The molecule has 2 aliphatic heterocycles. The van der Waals surface area contributed by atoms with Crippen molar-refractivity contribution in [3.8, 4) is 5.69 Å². The first-order valence-electron chi connectivity index (χ1n) is 12.7. The number of hydrogen-bond acceptors (Lipinski definition) is 5. The van der Waals surface area contributed by atoms with Gasteiger partial charge in [0.1, 0.15) is 0 Å². The molecule has 2 aliphatic rings. The summed E-state index contributed by atoms with van der Waals surface area (Å²) < 4.78 is 7.62. The van der Waals surface area contributed by atoms with Crippen molar-refractivity contribution in [2.75, 3.05) is 39.4 Å². The Hall–Kier alpha value is -3.27. The van der Waals surface area contributed by atoms with Crippen molar-refractivity contribution >= 4 is 23.3 Å². The Morgan fingerprint density at radius 3 is 2.68 bits per heavy atom. The van der Waals surface area contributed by atoms with E-state index >= 15 is 0 Å². The van der Waals surface area contributed by atoms with Gasteiger partial charge in [-0.25, -0.2) is 4.79 Å². The first-order chi connectivity index (χ1) is 17.9. The molecule has 0 bridgehead atoms. The molecule has 3 aromatic rings. The first kappa shape index (κ1) is 25.4. The van der Waals surface area contributed by atoms with Crippen molar-refractivity contribution in [1.29, 1.82) is 0 Å². The Morgan fingerprint density at radius 1 is 1.14 bits per heavy atom. The topological polar surface area (TPSA) is 82.9 Å². The van der Waals surface area contributed by atoms with E-state index in [1.54, 1.807) is 18.2 Å². The van der Waals surface area contributed by atoms with Crippen LogP contribution in [-0.4, -0.2) is 74.9 Å². The van der Waals surface area contributed by atoms with Crippen molar-refractivity contribution in [1.82, 2.24) is 24.7 Å². The molecule has 0 unspecified atom stereocenters. The quantitative estimate of drug-likeness (QED) is 0.434. The van der Waals surface area contributed by atoms with Crippen LogP contribution in [0.2, 0.25) is 0 Å². The van der Waals surface area contributed by atoms with E-state index in [0.29, 0.717) is 0 Å². The van der Waals surface area contributed by atoms with Crippen molar-refractivity contribution in [2.24, 2.45) is 0 Å². The van der Waals surface area contributed by atoms with Gasteiger partial charge in [0.2, 0.25) is 0 Å². The molecule has 8 nitrogen and oxygen atoms in total. The zero-order valence-corrected chi connectivity index (χ0v) is 22.1. The van der Waals surface area contributed by atoms with Gasteiger partial charge in [0.15, 0.2) is 5.11 Å². The van der Waals surface area contributed by atoms with Crippen LogP contribution in [0.4, 0.5) is 0 Å². The number of thiocarbonyl (C=S) groups is 1. The largest absolute Gasteiger partial charge is 0.478 e. The molecule has 2 N–H and O–H groups in total. The molecule has 37 heavy (non-hydrogen) atoms. The Bertz CT molecular complexity index is 1270. The van der Waals surface area contributed by atoms with Gasteiger partial charge in [-0.2, -0.15) is 0 Å². The van der Waals surface area contributed by atoms with Gasteiger partial charge in [0.25, 0.3) is 0 Å². The summed E-state index contributed by atoms with van der Waals surface area (Å²) in [5.74, 6) is -0.934. The number of carboxylic acids is 1. The third-order valence-electron chi connectivity index (χ3n) is 7.32. The molecule has 9 heteroatoms. The molecule has 194 valence electrons. The summed E-state index contributed by atoms with van der Waals surface area (Å²) >= 11 is 5.87. The van der Waals surface area contributed by atoms with E-state index in [9.17, 15) is 9.90 Å². The fourth-order valence-electron chi connectivity index (χ4n) is 5.54. The van der Waals surface area contributed by atoms with Crippen molar-refractivity contribution in [2.45, 2.75) is 32.4 Å². The Labute approximate surface area is 222 Å². The van der Waals surface area contributed by atoms with Gasteiger partial charge in [-0.05, 0) is 74.4 Å². The summed E-state index contributed by atoms with van der Waals surface area (Å²) in [5, 5.41) is 13.8. The number of carbonyl (C=O) groups is 1. The van der Waals surface area contributed by atoms with E-state index in [2.05, 4.69) is 44.6 Å². The molecule has 0 saturated carbocycles. The zero-order valence-electron chi connectivity index (χ0n) is 21.3. The van der Waals surface area contributed by atoms with Gasteiger partial charge in [-0.15, -0.1) is 0 Å². The highest BCUT2D eigenvalue weighted by molar-refractivity contribution is 7.80. The highest BCUT2D eigenvalue weighted by atomic mass is 32.1. The summed E-state index contributed by atoms with van der Waals surface area (Å²) in [6, 6.07) is 15.1. The van der Waals surface area contributed by atoms with Crippen LogP contribution >= 0.6 is 12.2 Å². The van der Waals surface area contributed by atoms with E-state index in [1.807, 2.05) is 30.5 Å². The minimum atomic E-state index is -0.934. The van der Waals surface area contributed by atoms with E-state index in [-0.39, 0.29) is 17.6 Å². The molecule has 2 aromatic heterocycles. The molecule has 0 radical (unpaired) electrons. The van der Waals surface area contributed by atoms with Crippen LogP contribution < -0.4 is 5.32 Å². The molecule has 0 amide bonds. The number of aromatic carboxylic acids is 1. The van der Waals surface area contributed by atoms with Gasteiger partial charge in [0.05, 0.1) is 36.6 Å². The summed E-state index contributed by atoms with van der Waals surface area (Å²) in [5.41, 5.74) is 5.32. The van der Waals surface area contributed by atoms with Crippen LogP contribution in [0.25, 0.3) is 5.69 Å². The molecule has 0 aliphatic carbocycles. The first-order valence-corrected chi connectivity index (χ1v) is 13.2. The second-order valence-corrected chi connectivity index (χ2v) is 10.0. The number of benzene rings is 1. The van der Waals surface area contributed by atoms with Gasteiger partial charge in [-0.3, -0.25) is 9.88 Å².